The molecule has 0 N–H and O–H groups in total. The van der Waals surface area contributed by atoms with Crippen molar-refractivity contribution in [2.75, 3.05) is 21.1 Å². The Morgan fingerprint density at radius 3 is 1.55 bits per heavy atom. The summed E-state index contributed by atoms with van der Waals surface area (Å²) in [5.74, 6) is 2.20. The summed E-state index contributed by atoms with van der Waals surface area (Å²) in [6, 6.07) is 6.35. The monoisotopic (exact) mass is 868 g/mol. The van der Waals surface area contributed by atoms with E-state index < -0.39 is 8.24 Å². The van der Waals surface area contributed by atoms with Gasteiger partial charge in [0.05, 0.1) is 21.1 Å². The van der Waals surface area contributed by atoms with Crippen molar-refractivity contribution in [2.24, 2.45) is 17.8 Å². The Balaban J connectivity index is 1.22. The van der Waals surface area contributed by atoms with Crippen molar-refractivity contribution in [3.8, 4) is 0 Å². The van der Waals surface area contributed by atoms with E-state index in [1.54, 1.807) is 27.8 Å². The standard InChI is InChI=1S/C59H103N2Si/c1-9-11-13-15-17-19-21-23-25-27-29-34-41-59(42-35-30-28-26-24-22-20-18-16-14-12-10-2)56-46-50-38-36-37-49(50)44-54(56)55-45-51-43-48(3)58(53(51)47-57(55)59)62(7,8)60(61(4,5)6)52-39-32-31-33-40-52/h44-48,51-53,58H,9-43H2,1-8H3/q+1. The van der Waals surface area contributed by atoms with E-state index in [0.29, 0.717) is 11.8 Å². The van der Waals surface area contributed by atoms with Gasteiger partial charge >= 0.3 is 0 Å². The number of fused-ring (bicyclic) bond motifs is 5. The summed E-state index contributed by atoms with van der Waals surface area (Å²) < 4.78 is 4.18. The molecule has 6 rings (SSSR count). The fourth-order valence-electron chi connectivity index (χ4n) is 15.0. The summed E-state index contributed by atoms with van der Waals surface area (Å²) in [6.45, 7) is 13.0. The van der Waals surface area contributed by atoms with Gasteiger partial charge in [0.1, 0.15) is 0 Å². The summed E-state index contributed by atoms with van der Waals surface area (Å²) in [5, 5.41) is 0. The quantitative estimate of drug-likeness (QED) is 0.0322. The normalized spacial score (nSPS) is 23.4. The van der Waals surface area contributed by atoms with Gasteiger partial charge in [-0.15, -0.1) is 0 Å². The van der Waals surface area contributed by atoms with Crippen LogP contribution >= 0.6 is 0 Å². The summed E-state index contributed by atoms with van der Waals surface area (Å²) in [4.78, 5) is 0. The largest absolute Gasteiger partial charge is 0.258 e. The molecule has 4 unspecified atom stereocenters. The van der Waals surface area contributed by atoms with E-state index in [1.165, 1.54) is 225 Å². The van der Waals surface area contributed by atoms with E-state index in [-0.39, 0.29) is 5.41 Å². The number of unbranched alkanes of at least 4 members (excludes halogenated alkanes) is 22. The van der Waals surface area contributed by atoms with Gasteiger partial charge in [0.15, 0.2) is 8.24 Å². The lowest BCUT2D eigenvalue weighted by Gasteiger charge is -2.54. The van der Waals surface area contributed by atoms with Gasteiger partial charge in [0, 0.05) is 11.5 Å². The number of aryl methyl sites for hydroxylation is 2. The van der Waals surface area contributed by atoms with Gasteiger partial charge in [-0.3, -0.25) is 4.59 Å². The van der Waals surface area contributed by atoms with Crippen molar-refractivity contribution in [1.29, 1.82) is 0 Å². The Labute approximate surface area is 388 Å². The molecular formula is C59H103N2Si+. The topological polar surface area (TPSA) is 3.24 Å². The molecule has 3 heteroatoms. The van der Waals surface area contributed by atoms with Gasteiger partial charge in [-0.05, 0) is 108 Å². The van der Waals surface area contributed by atoms with Crippen LogP contribution in [0.5, 0.6) is 0 Å². The predicted octanol–water partition coefficient (Wildman–Crippen LogP) is 18.0. The van der Waals surface area contributed by atoms with E-state index in [1.807, 2.05) is 5.57 Å². The third-order valence-corrected chi connectivity index (χ3v) is 22.4. The second-order valence-corrected chi connectivity index (χ2v) is 28.2. The number of nitrogens with zero attached hydrogens (tertiary/aromatic N) is 2. The molecule has 2 nitrogen and oxygen atoms in total. The van der Waals surface area contributed by atoms with E-state index >= 15 is 0 Å². The maximum atomic E-state index is 3.16. The Morgan fingerprint density at radius 1 is 0.597 bits per heavy atom. The lowest BCUT2D eigenvalue weighted by atomic mass is 9.68. The second-order valence-electron chi connectivity index (χ2n) is 23.8. The van der Waals surface area contributed by atoms with Gasteiger partial charge in [-0.1, -0.05) is 232 Å². The zero-order valence-electron chi connectivity index (χ0n) is 42.8. The summed E-state index contributed by atoms with van der Waals surface area (Å²) >= 11 is 0. The van der Waals surface area contributed by atoms with Crippen LogP contribution in [0, 0.1) is 17.8 Å². The molecule has 1 aromatic carbocycles. The Bertz CT molecular complexity index is 1510. The molecule has 4 atom stereocenters. The van der Waals surface area contributed by atoms with E-state index in [2.05, 4.69) is 84.0 Å². The molecule has 0 saturated heterocycles. The van der Waals surface area contributed by atoms with Crippen molar-refractivity contribution >= 4 is 13.8 Å². The molecule has 2 fully saturated rings. The molecule has 0 bridgehead atoms. The van der Waals surface area contributed by atoms with E-state index in [0.717, 1.165) is 22.1 Å². The van der Waals surface area contributed by atoms with Crippen LogP contribution in [0.15, 0.2) is 29.9 Å². The van der Waals surface area contributed by atoms with Crippen molar-refractivity contribution in [3.63, 3.8) is 0 Å². The van der Waals surface area contributed by atoms with Crippen LogP contribution in [0.2, 0.25) is 18.6 Å². The van der Waals surface area contributed by atoms with Crippen LogP contribution in [-0.2, 0) is 18.3 Å². The number of benzene rings is 1. The third-order valence-electron chi connectivity index (χ3n) is 17.6. The molecule has 352 valence electrons. The van der Waals surface area contributed by atoms with Gasteiger partial charge in [-0.25, -0.2) is 0 Å². The first-order valence-corrected chi connectivity index (χ1v) is 31.3. The molecule has 0 spiro atoms. The lowest BCUT2D eigenvalue weighted by molar-refractivity contribution is -0.975. The van der Waals surface area contributed by atoms with Crippen LogP contribution in [0.4, 0.5) is 0 Å². The predicted molar refractivity (Wildman–Crippen MR) is 276 cm³/mol. The molecule has 5 aliphatic carbocycles. The van der Waals surface area contributed by atoms with E-state index in [9.17, 15) is 0 Å². The molecule has 2 saturated carbocycles. The average molecular weight is 869 g/mol. The number of hydrogen-bond acceptors (Lipinski definition) is 1. The average Bonchev–Trinajstić information content (AvgIpc) is 3.91. The van der Waals surface area contributed by atoms with Crippen molar-refractivity contribution in [2.45, 2.75) is 276 Å². The second kappa shape index (κ2) is 24.6. The third kappa shape index (κ3) is 12.6. The maximum Gasteiger partial charge on any atom is 0.191 e. The zero-order chi connectivity index (χ0) is 44.0. The highest BCUT2D eigenvalue weighted by Crippen LogP contribution is 2.63. The van der Waals surface area contributed by atoms with Crippen LogP contribution in [0.1, 0.15) is 255 Å². The smallest absolute Gasteiger partial charge is 0.191 e. The molecule has 0 aromatic heterocycles. The molecule has 5 aliphatic rings. The van der Waals surface area contributed by atoms with Crippen LogP contribution in [-0.4, -0.2) is 44.7 Å². The SMILES string of the molecule is CCCCCCCCCCCCCCC1(CCCCCCCCCCCCCC)C2=CC3C(C=C2c2cc4c(cc21)CCC4)CC(C)C3[Si](C)(C)N(C1CCCCC1)[N+](C)(C)C. The number of quaternary nitrogens is 1. The van der Waals surface area contributed by atoms with Crippen molar-refractivity contribution < 1.29 is 4.59 Å². The van der Waals surface area contributed by atoms with E-state index in [4.69, 9.17) is 0 Å². The zero-order valence-corrected chi connectivity index (χ0v) is 43.8. The molecule has 1 aromatic rings. The molecule has 0 heterocycles. The van der Waals surface area contributed by atoms with Gasteiger partial charge in [0.25, 0.3) is 0 Å². The highest BCUT2D eigenvalue weighted by atomic mass is 28.3. The highest BCUT2D eigenvalue weighted by Gasteiger charge is 2.58. The van der Waals surface area contributed by atoms with Crippen LogP contribution < -0.4 is 0 Å². The minimum absolute atomic E-state index is 0.214. The first kappa shape index (κ1) is 50.3. The van der Waals surface area contributed by atoms with Crippen molar-refractivity contribution in [3.05, 3.63) is 52.1 Å². The molecule has 62 heavy (non-hydrogen) atoms. The van der Waals surface area contributed by atoms with Gasteiger partial charge in [0.2, 0.25) is 0 Å². The Kier molecular flexibility index (Phi) is 19.9. The van der Waals surface area contributed by atoms with Crippen LogP contribution in [0.3, 0.4) is 0 Å². The van der Waals surface area contributed by atoms with Gasteiger partial charge < -0.3 is 0 Å². The molecule has 0 aliphatic heterocycles. The number of hydrogen-bond donors (Lipinski definition) is 0. The summed E-state index contributed by atoms with van der Waals surface area (Å²) in [7, 11) is 5.67. The highest BCUT2D eigenvalue weighted by molar-refractivity contribution is 6.76. The fraction of sp³-hybridized carbons (Fsp3) is 0.831. The Morgan fingerprint density at radius 2 is 1.06 bits per heavy atom. The lowest BCUT2D eigenvalue weighted by Crippen LogP contribution is -2.69. The van der Waals surface area contributed by atoms with Crippen molar-refractivity contribution in [1.82, 2.24) is 4.67 Å². The number of allylic oxidation sites excluding steroid dienone is 4. The first-order chi connectivity index (χ1) is 30.0. The summed E-state index contributed by atoms with van der Waals surface area (Å²) in [5.41, 5.74) is 11.5. The summed E-state index contributed by atoms with van der Waals surface area (Å²) in [6.07, 6.45) is 55.7. The maximum absolute atomic E-state index is 3.16. The molecule has 0 amide bonds. The minimum Gasteiger partial charge on any atom is -0.258 e. The first-order valence-electron chi connectivity index (χ1n) is 28.2. The fourth-order valence-corrected chi connectivity index (χ4v) is 20.9. The van der Waals surface area contributed by atoms with Gasteiger partial charge in [-0.2, -0.15) is 4.67 Å². The Hall–Kier alpha value is -1.16. The number of rotatable bonds is 30. The minimum atomic E-state index is -1.86. The molecular weight excluding hydrogens is 765 g/mol. The van der Waals surface area contributed by atoms with Crippen LogP contribution in [0.25, 0.3) is 5.57 Å². The molecule has 0 radical (unpaired) electrons.